The van der Waals surface area contributed by atoms with Crippen molar-refractivity contribution < 1.29 is 14.3 Å². The van der Waals surface area contributed by atoms with Gasteiger partial charge in [-0.05, 0) is 18.6 Å². The minimum absolute atomic E-state index is 0.0242. The van der Waals surface area contributed by atoms with Crippen molar-refractivity contribution in [1.29, 1.82) is 0 Å². The highest BCUT2D eigenvalue weighted by molar-refractivity contribution is 6.31. The van der Waals surface area contributed by atoms with Crippen LogP contribution in [-0.4, -0.2) is 35.6 Å². The molecule has 1 unspecified atom stereocenters. The van der Waals surface area contributed by atoms with Crippen molar-refractivity contribution in [2.45, 2.75) is 12.8 Å². The maximum absolute atomic E-state index is 13.5. The van der Waals surface area contributed by atoms with Gasteiger partial charge in [0.05, 0.1) is 6.42 Å². The summed E-state index contributed by atoms with van der Waals surface area (Å²) in [4.78, 5) is 13.7. The van der Waals surface area contributed by atoms with Crippen molar-refractivity contribution in [2.24, 2.45) is 5.92 Å². The fourth-order valence-corrected chi connectivity index (χ4v) is 2.40. The van der Waals surface area contributed by atoms with Crippen LogP contribution in [0.15, 0.2) is 18.2 Å². The maximum Gasteiger partial charge on any atom is 0.227 e. The molecule has 3 nitrogen and oxygen atoms in total. The van der Waals surface area contributed by atoms with Crippen molar-refractivity contribution in [3.05, 3.63) is 34.6 Å². The fraction of sp³-hybridized carbons (Fsp3) is 0.462. The minimum atomic E-state index is -0.450. The molecule has 2 rings (SSSR count). The molecule has 1 aliphatic heterocycles. The number of nitrogens with zero attached hydrogens (tertiary/aromatic N) is 1. The minimum Gasteiger partial charge on any atom is -0.396 e. The first-order valence-corrected chi connectivity index (χ1v) is 6.31. The highest BCUT2D eigenvalue weighted by atomic mass is 35.5. The van der Waals surface area contributed by atoms with Gasteiger partial charge in [-0.1, -0.05) is 17.7 Å². The Labute approximate surface area is 110 Å². The normalized spacial score (nSPS) is 19.3. The van der Waals surface area contributed by atoms with Crippen LogP contribution in [0.25, 0.3) is 0 Å². The third-order valence-electron chi connectivity index (χ3n) is 3.29. The van der Waals surface area contributed by atoms with Crippen molar-refractivity contribution >= 4 is 17.5 Å². The topological polar surface area (TPSA) is 40.5 Å². The van der Waals surface area contributed by atoms with Crippen LogP contribution in [0.5, 0.6) is 0 Å². The molecule has 1 fully saturated rings. The van der Waals surface area contributed by atoms with Crippen LogP contribution >= 0.6 is 11.6 Å². The number of benzene rings is 1. The van der Waals surface area contributed by atoms with Crippen molar-refractivity contribution in [2.75, 3.05) is 19.7 Å². The smallest absolute Gasteiger partial charge is 0.227 e. The van der Waals surface area contributed by atoms with E-state index in [0.29, 0.717) is 13.1 Å². The Morgan fingerprint density at radius 3 is 2.94 bits per heavy atom. The zero-order chi connectivity index (χ0) is 13.1. The van der Waals surface area contributed by atoms with E-state index in [9.17, 15) is 9.18 Å². The first-order valence-electron chi connectivity index (χ1n) is 5.93. The van der Waals surface area contributed by atoms with Gasteiger partial charge in [0.15, 0.2) is 0 Å². The van der Waals surface area contributed by atoms with E-state index >= 15 is 0 Å². The zero-order valence-corrected chi connectivity index (χ0v) is 10.7. The summed E-state index contributed by atoms with van der Waals surface area (Å²) in [5, 5.41) is 9.30. The number of halogens is 2. The molecule has 1 aromatic carbocycles. The molecular formula is C13H15ClFNO2. The Hall–Kier alpha value is -1.13. The first kappa shape index (κ1) is 13.3. The molecule has 1 aliphatic rings. The Morgan fingerprint density at radius 2 is 2.33 bits per heavy atom. The monoisotopic (exact) mass is 271 g/mol. The van der Waals surface area contributed by atoms with Gasteiger partial charge in [-0.25, -0.2) is 4.39 Å². The zero-order valence-electron chi connectivity index (χ0n) is 9.90. The Bertz CT molecular complexity index is 432. The summed E-state index contributed by atoms with van der Waals surface area (Å²) in [6.45, 7) is 1.25. The number of aliphatic hydroxyl groups excluding tert-OH is 1. The number of hydrogen-bond donors (Lipinski definition) is 1. The predicted molar refractivity (Wildman–Crippen MR) is 66.9 cm³/mol. The maximum atomic E-state index is 13.5. The van der Waals surface area contributed by atoms with Crippen LogP contribution in [-0.2, 0) is 11.2 Å². The van der Waals surface area contributed by atoms with E-state index in [1.54, 1.807) is 11.0 Å². The van der Waals surface area contributed by atoms with Gasteiger partial charge in [0, 0.05) is 36.2 Å². The average molecular weight is 272 g/mol. The summed E-state index contributed by atoms with van der Waals surface area (Å²) < 4.78 is 13.5. The predicted octanol–water partition coefficient (Wildman–Crippen LogP) is 1.86. The average Bonchev–Trinajstić information content (AvgIpc) is 2.82. The lowest BCUT2D eigenvalue weighted by Crippen LogP contribution is -2.30. The van der Waals surface area contributed by atoms with Crippen LogP contribution in [0.4, 0.5) is 4.39 Å². The van der Waals surface area contributed by atoms with Crippen LogP contribution in [0, 0.1) is 11.7 Å². The molecule has 1 atom stereocenters. The molecular weight excluding hydrogens is 257 g/mol. The van der Waals surface area contributed by atoms with E-state index < -0.39 is 5.82 Å². The molecule has 0 aromatic heterocycles. The van der Waals surface area contributed by atoms with Crippen LogP contribution in [0.2, 0.25) is 5.02 Å². The summed E-state index contributed by atoms with van der Waals surface area (Å²) >= 11 is 5.89. The SMILES string of the molecule is O=C(Cc1c(F)cccc1Cl)N1CCC(CO)C1. The summed E-state index contributed by atoms with van der Waals surface area (Å²) in [6, 6.07) is 4.39. The van der Waals surface area contributed by atoms with Crippen LogP contribution < -0.4 is 0 Å². The van der Waals surface area contributed by atoms with Crippen LogP contribution in [0.3, 0.4) is 0 Å². The molecule has 0 aliphatic carbocycles. The lowest BCUT2D eigenvalue weighted by Gasteiger charge is -2.16. The van der Waals surface area contributed by atoms with Crippen molar-refractivity contribution in [1.82, 2.24) is 4.90 Å². The number of likely N-dealkylation sites (tertiary alicyclic amines) is 1. The highest BCUT2D eigenvalue weighted by Gasteiger charge is 2.26. The summed E-state index contributed by atoms with van der Waals surface area (Å²) in [7, 11) is 0. The van der Waals surface area contributed by atoms with Gasteiger partial charge in [-0.15, -0.1) is 0 Å². The van der Waals surface area contributed by atoms with E-state index in [1.807, 2.05) is 0 Å². The van der Waals surface area contributed by atoms with Gasteiger partial charge in [0.25, 0.3) is 0 Å². The molecule has 5 heteroatoms. The van der Waals surface area contributed by atoms with E-state index in [1.165, 1.54) is 12.1 Å². The number of amides is 1. The molecule has 0 radical (unpaired) electrons. The second-order valence-electron chi connectivity index (χ2n) is 4.55. The molecule has 1 amide bonds. The fourth-order valence-electron chi connectivity index (χ4n) is 2.17. The second-order valence-corrected chi connectivity index (χ2v) is 4.96. The molecule has 0 spiro atoms. The molecule has 1 aromatic rings. The van der Waals surface area contributed by atoms with Gasteiger partial charge in [-0.3, -0.25) is 4.79 Å². The lowest BCUT2D eigenvalue weighted by molar-refractivity contribution is -0.129. The van der Waals surface area contributed by atoms with Crippen LogP contribution in [0.1, 0.15) is 12.0 Å². The van der Waals surface area contributed by atoms with Gasteiger partial charge in [-0.2, -0.15) is 0 Å². The number of carbonyl (C=O) groups is 1. The van der Waals surface area contributed by atoms with E-state index in [2.05, 4.69) is 0 Å². The molecule has 18 heavy (non-hydrogen) atoms. The van der Waals surface area contributed by atoms with Crippen molar-refractivity contribution in [3.63, 3.8) is 0 Å². The Kier molecular flexibility index (Phi) is 4.19. The Balaban J connectivity index is 2.04. The second kappa shape index (κ2) is 5.67. The van der Waals surface area contributed by atoms with E-state index in [0.717, 1.165) is 6.42 Å². The molecule has 98 valence electrons. The standard InChI is InChI=1S/C13H15ClFNO2/c14-11-2-1-3-12(15)10(11)6-13(18)16-5-4-9(7-16)8-17/h1-3,9,17H,4-8H2. The van der Waals surface area contributed by atoms with Gasteiger partial charge >= 0.3 is 0 Å². The molecule has 1 heterocycles. The van der Waals surface area contributed by atoms with Crippen molar-refractivity contribution in [3.8, 4) is 0 Å². The number of hydrogen-bond acceptors (Lipinski definition) is 2. The molecule has 1 N–H and O–H groups in total. The number of aliphatic hydroxyl groups is 1. The first-order chi connectivity index (χ1) is 8.61. The molecule has 1 saturated heterocycles. The number of carbonyl (C=O) groups excluding carboxylic acids is 1. The number of rotatable bonds is 3. The molecule has 0 bridgehead atoms. The van der Waals surface area contributed by atoms with Gasteiger partial charge in [0.2, 0.25) is 5.91 Å². The molecule has 0 saturated carbocycles. The lowest BCUT2D eigenvalue weighted by atomic mass is 10.1. The Morgan fingerprint density at radius 1 is 1.56 bits per heavy atom. The van der Waals surface area contributed by atoms with E-state index in [-0.39, 0.29) is 35.4 Å². The quantitative estimate of drug-likeness (QED) is 0.912. The largest absolute Gasteiger partial charge is 0.396 e. The summed E-state index contributed by atoms with van der Waals surface area (Å²) in [5.41, 5.74) is 0.247. The van der Waals surface area contributed by atoms with Gasteiger partial charge in [0.1, 0.15) is 5.82 Å². The third kappa shape index (κ3) is 2.82. The third-order valence-corrected chi connectivity index (χ3v) is 3.64. The summed E-state index contributed by atoms with van der Waals surface area (Å²) in [5.74, 6) is -0.447. The van der Waals surface area contributed by atoms with E-state index in [4.69, 9.17) is 16.7 Å². The summed E-state index contributed by atoms with van der Waals surface area (Å²) in [6.07, 6.45) is 0.775. The van der Waals surface area contributed by atoms with Gasteiger partial charge < -0.3 is 10.0 Å². The highest BCUT2D eigenvalue weighted by Crippen LogP contribution is 2.22.